The number of phosphoric ester groups is 1. The van der Waals surface area contributed by atoms with E-state index < -0.39 is 26.5 Å². The molecule has 10 heteroatoms. The maximum atomic E-state index is 12.9. The number of esters is 2. The second-order valence-corrected chi connectivity index (χ2v) is 27.4. The van der Waals surface area contributed by atoms with Crippen LogP contribution < -0.4 is 0 Å². The van der Waals surface area contributed by atoms with Crippen molar-refractivity contribution in [3.8, 4) is 0 Å². The standard InChI is InChI=1S/C84H140NO8P/c1-6-8-10-12-14-16-18-20-22-24-26-28-30-32-34-36-38-39-40-41-42-43-44-45-47-48-50-52-54-56-58-60-62-64-66-68-70-72-74-76-83(86)90-80-82(81-92-94(88,89)91-79-78-85(3,4)5)93-84(87)77-75-73-71-69-67-65-63-61-59-57-55-53-51-49-46-37-35-33-31-29-27-25-23-21-19-17-15-13-11-9-7-2/h8-11,14-17,20-23,26-29,32-35,38-39,46,49,53,55,59,61,82H,6-7,12-13,18-19,24-25,30-31,36-37,40-45,47-48,50-52,54,56-58,60,62-81H2,1-5H3/p+1/b10-8-,11-9-,16-14-,17-15-,22-20-,23-21-,28-26-,29-27-,34-32-,35-33-,39-38-,49-46-,55-53-,61-59-. The van der Waals surface area contributed by atoms with Crippen molar-refractivity contribution in [3.63, 3.8) is 0 Å². The van der Waals surface area contributed by atoms with Crippen LogP contribution in [0.5, 0.6) is 0 Å². The van der Waals surface area contributed by atoms with Gasteiger partial charge in [-0.3, -0.25) is 18.6 Å². The fourth-order valence-electron chi connectivity index (χ4n) is 10.0. The Morgan fingerprint density at radius 2 is 0.574 bits per heavy atom. The molecule has 2 atom stereocenters. The molecule has 0 aliphatic carbocycles. The molecule has 0 aromatic rings. The van der Waals surface area contributed by atoms with Crippen LogP contribution in [0.3, 0.4) is 0 Å². The van der Waals surface area contributed by atoms with Crippen LogP contribution in [0, 0.1) is 0 Å². The van der Waals surface area contributed by atoms with Crippen LogP contribution in [0.15, 0.2) is 170 Å². The zero-order valence-corrected chi connectivity index (χ0v) is 61.8. The van der Waals surface area contributed by atoms with Gasteiger partial charge in [0, 0.05) is 12.8 Å². The molecule has 0 spiro atoms. The second kappa shape index (κ2) is 72.6. The molecule has 0 heterocycles. The molecule has 0 aliphatic heterocycles. The van der Waals surface area contributed by atoms with Crippen molar-refractivity contribution in [1.29, 1.82) is 0 Å². The van der Waals surface area contributed by atoms with Crippen LogP contribution in [-0.4, -0.2) is 74.9 Å². The average Bonchev–Trinajstić information content (AvgIpc) is 1.66. The van der Waals surface area contributed by atoms with Crippen molar-refractivity contribution in [1.82, 2.24) is 0 Å². The molecule has 0 aliphatic rings. The normalized spacial score (nSPS) is 14.1. The number of rotatable bonds is 68. The van der Waals surface area contributed by atoms with E-state index in [0.717, 1.165) is 148 Å². The number of quaternary nitrogens is 1. The summed E-state index contributed by atoms with van der Waals surface area (Å²) in [5, 5.41) is 0. The molecular weight excluding hydrogens is 1180 g/mol. The number of carbonyl (C=O) groups excluding carboxylic acids is 2. The van der Waals surface area contributed by atoms with Gasteiger partial charge in [0.25, 0.3) is 0 Å². The molecule has 534 valence electrons. The van der Waals surface area contributed by atoms with Crippen molar-refractivity contribution >= 4 is 19.8 Å². The first-order valence-corrected chi connectivity index (χ1v) is 39.4. The Balaban J connectivity index is 4.05. The highest BCUT2D eigenvalue weighted by Crippen LogP contribution is 2.43. The quantitative estimate of drug-likeness (QED) is 0.0211. The van der Waals surface area contributed by atoms with E-state index in [2.05, 4.69) is 184 Å². The molecule has 0 bridgehead atoms. The maximum Gasteiger partial charge on any atom is 0.472 e. The van der Waals surface area contributed by atoms with E-state index in [-0.39, 0.29) is 32.0 Å². The number of hydrogen-bond donors (Lipinski definition) is 1. The topological polar surface area (TPSA) is 108 Å². The van der Waals surface area contributed by atoms with Crippen molar-refractivity contribution in [2.45, 2.75) is 302 Å². The van der Waals surface area contributed by atoms with E-state index in [1.165, 1.54) is 116 Å². The molecule has 0 rings (SSSR count). The Morgan fingerprint density at radius 3 is 0.851 bits per heavy atom. The van der Waals surface area contributed by atoms with Crippen LogP contribution in [-0.2, 0) is 32.7 Å². The van der Waals surface area contributed by atoms with Gasteiger partial charge in [-0.15, -0.1) is 0 Å². The van der Waals surface area contributed by atoms with Gasteiger partial charge in [0.15, 0.2) is 6.10 Å². The van der Waals surface area contributed by atoms with Gasteiger partial charge in [-0.1, -0.05) is 325 Å². The molecule has 0 fully saturated rings. The predicted molar refractivity (Wildman–Crippen MR) is 408 cm³/mol. The summed E-state index contributed by atoms with van der Waals surface area (Å²) in [5.74, 6) is -0.816. The highest BCUT2D eigenvalue weighted by atomic mass is 31.2. The van der Waals surface area contributed by atoms with E-state index in [0.29, 0.717) is 17.4 Å². The SMILES string of the molecule is CC/C=C\C/C=C\C/C=C\C/C=C\C/C=C\C/C=C\C/C=C\C/C=C\CCCCCCCCC(=O)OC(COC(=O)CCCCCCCCCCCCCCCCCCCCCC/C=C\C/C=C\C/C=C\C/C=C\C/C=C\C/C=C\CC)COP(=O)(O)OCC[N+](C)(C)C. The predicted octanol–water partition coefficient (Wildman–Crippen LogP) is 25.3. The zero-order valence-electron chi connectivity index (χ0n) is 60.9. The summed E-state index contributed by atoms with van der Waals surface area (Å²) in [7, 11) is 1.45. The lowest BCUT2D eigenvalue weighted by atomic mass is 10.0. The number of hydrogen-bond acceptors (Lipinski definition) is 7. The molecule has 1 N–H and O–H groups in total. The van der Waals surface area contributed by atoms with Gasteiger partial charge in [-0.2, -0.15) is 0 Å². The number of allylic oxidation sites excluding steroid dienone is 28. The van der Waals surface area contributed by atoms with Gasteiger partial charge in [0.1, 0.15) is 19.8 Å². The second-order valence-electron chi connectivity index (χ2n) is 25.9. The van der Waals surface area contributed by atoms with E-state index in [4.69, 9.17) is 18.5 Å². The van der Waals surface area contributed by atoms with Gasteiger partial charge in [-0.05, 0) is 128 Å². The molecule has 9 nitrogen and oxygen atoms in total. The summed E-state index contributed by atoms with van der Waals surface area (Å²) in [6.07, 6.45) is 110. The average molecular weight is 1320 g/mol. The summed E-state index contributed by atoms with van der Waals surface area (Å²) in [6, 6.07) is 0. The first kappa shape index (κ1) is 89.4. The first-order valence-electron chi connectivity index (χ1n) is 37.9. The van der Waals surface area contributed by atoms with Gasteiger partial charge in [-0.25, -0.2) is 4.57 Å². The van der Waals surface area contributed by atoms with Crippen molar-refractivity contribution in [3.05, 3.63) is 170 Å². The zero-order chi connectivity index (χ0) is 68.3. The molecule has 0 aromatic carbocycles. The smallest absolute Gasteiger partial charge is 0.462 e. The Bertz CT molecular complexity index is 2200. The minimum absolute atomic E-state index is 0.0215. The number of likely N-dealkylation sites (N-methyl/N-ethyl adjacent to an activating group) is 1. The van der Waals surface area contributed by atoms with Crippen molar-refractivity contribution in [2.24, 2.45) is 0 Å². The third kappa shape index (κ3) is 76.4. The monoisotopic (exact) mass is 1320 g/mol. The lowest BCUT2D eigenvalue weighted by Crippen LogP contribution is -2.37. The van der Waals surface area contributed by atoms with E-state index in [1.807, 2.05) is 21.1 Å². The molecule has 0 amide bonds. The third-order valence-electron chi connectivity index (χ3n) is 15.7. The number of ether oxygens (including phenoxy) is 2. The lowest BCUT2D eigenvalue weighted by Gasteiger charge is -2.24. The highest BCUT2D eigenvalue weighted by Gasteiger charge is 2.27. The van der Waals surface area contributed by atoms with Gasteiger partial charge >= 0.3 is 19.8 Å². The summed E-state index contributed by atoms with van der Waals surface area (Å²) in [6.45, 7) is 4.19. The lowest BCUT2D eigenvalue weighted by molar-refractivity contribution is -0.870. The van der Waals surface area contributed by atoms with E-state index in [1.54, 1.807) is 0 Å². The third-order valence-corrected chi connectivity index (χ3v) is 16.7. The largest absolute Gasteiger partial charge is 0.472 e. The van der Waals surface area contributed by atoms with Crippen LogP contribution in [0.2, 0.25) is 0 Å². The van der Waals surface area contributed by atoms with Crippen molar-refractivity contribution < 1.29 is 42.1 Å². The Labute approximate surface area is 578 Å². The maximum absolute atomic E-state index is 12.9. The summed E-state index contributed by atoms with van der Waals surface area (Å²) in [4.78, 5) is 35.9. The molecule has 0 aromatic heterocycles. The van der Waals surface area contributed by atoms with Gasteiger partial charge < -0.3 is 18.9 Å². The molecular formula is C84H141NO8P+. The van der Waals surface area contributed by atoms with Crippen LogP contribution >= 0.6 is 7.82 Å². The number of phosphoric acid groups is 1. The summed E-state index contributed by atoms with van der Waals surface area (Å²) < 4.78 is 34.8. The summed E-state index contributed by atoms with van der Waals surface area (Å²) >= 11 is 0. The minimum Gasteiger partial charge on any atom is -0.462 e. The Morgan fingerprint density at radius 1 is 0.330 bits per heavy atom. The van der Waals surface area contributed by atoms with Gasteiger partial charge in [0.05, 0.1) is 27.7 Å². The number of carbonyl (C=O) groups is 2. The number of nitrogens with zero attached hydrogens (tertiary/aromatic N) is 1. The Hall–Kier alpha value is -4.63. The molecule has 0 saturated carbocycles. The van der Waals surface area contributed by atoms with E-state index >= 15 is 0 Å². The number of unbranched alkanes of at least 4 members (excludes halogenated alkanes) is 26. The van der Waals surface area contributed by atoms with Crippen LogP contribution in [0.25, 0.3) is 0 Å². The minimum atomic E-state index is -4.41. The molecule has 0 radical (unpaired) electrons. The fourth-order valence-corrected chi connectivity index (χ4v) is 10.8. The summed E-state index contributed by atoms with van der Waals surface area (Å²) in [5.41, 5.74) is 0. The fraction of sp³-hybridized carbons (Fsp3) is 0.643. The first-order chi connectivity index (χ1) is 46.0. The van der Waals surface area contributed by atoms with Crippen LogP contribution in [0.1, 0.15) is 296 Å². The van der Waals surface area contributed by atoms with E-state index in [9.17, 15) is 19.0 Å². The van der Waals surface area contributed by atoms with Gasteiger partial charge in [0.2, 0.25) is 0 Å². The highest BCUT2D eigenvalue weighted by molar-refractivity contribution is 7.47. The van der Waals surface area contributed by atoms with Crippen LogP contribution in [0.4, 0.5) is 0 Å². The molecule has 0 saturated heterocycles. The Kier molecular flexibility index (Phi) is 69.1. The molecule has 2 unspecified atom stereocenters. The molecule has 94 heavy (non-hydrogen) atoms. The van der Waals surface area contributed by atoms with Crippen molar-refractivity contribution in [2.75, 3.05) is 47.5 Å².